The number of primary amides is 1. The van der Waals surface area contributed by atoms with Gasteiger partial charge in [-0.05, 0) is 23.3 Å². The molecule has 0 fully saturated rings. The molecule has 0 aliphatic carbocycles. The first kappa shape index (κ1) is 26.7. The molecule has 0 radical (unpaired) electrons. The summed E-state index contributed by atoms with van der Waals surface area (Å²) < 4.78 is 10.9. The quantitative estimate of drug-likeness (QED) is 0.220. The molecule has 6 nitrogen and oxygen atoms in total. The van der Waals surface area contributed by atoms with Gasteiger partial charge in [0, 0.05) is 19.6 Å². The van der Waals surface area contributed by atoms with E-state index in [9.17, 15) is 14.7 Å². The fourth-order valence-corrected chi connectivity index (χ4v) is 3.94. The molecular weight excluding hydrogens is 418 g/mol. The van der Waals surface area contributed by atoms with Crippen molar-refractivity contribution < 1.29 is 24.2 Å². The highest BCUT2D eigenvalue weighted by molar-refractivity contribution is 6.12. The van der Waals surface area contributed by atoms with Gasteiger partial charge in [0.25, 0.3) is 5.91 Å². The molecule has 0 aliphatic heterocycles. The van der Waals surface area contributed by atoms with Crippen LogP contribution in [0.3, 0.4) is 0 Å². The highest BCUT2D eigenvalue weighted by Crippen LogP contribution is 2.31. The standard InChI is InChI=1S/C27H39NO5/c1-2-3-4-5-6-7-8-9-10-13-17-32-18-14-19-33-27(31)23-20-21-15-11-12-16-22(21)24(25(23)29)26(28)30/h11-12,15-16,20,29H,2-10,13-14,17-19H2,1H3,(H2,28,30). The second-order valence-electron chi connectivity index (χ2n) is 8.52. The number of unbranched alkanes of at least 4 members (excludes halogenated alkanes) is 9. The summed E-state index contributed by atoms with van der Waals surface area (Å²) in [4.78, 5) is 24.3. The van der Waals surface area contributed by atoms with Crippen molar-refractivity contribution >= 4 is 22.6 Å². The number of phenols is 1. The number of carbonyl (C=O) groups excluding carboxylic acids is 2. The van der Waals surface area contributed by atoms with E-state index in [0.717, 1.165) is 13.0 Å². The average Bonchev–Trinajstić information content (AvgIpc) is 2.80. The van der Waals surface area contributed by atoms with Crippen molar-refractivity contribution in [2.24, 2.45) is 5.73 Å². The molecule has 2 rings (SSSR count). The SMILES string of the molecule is CCCCCCCCCCCCOCCCOC(=O)c1cc2ccccc2c(C(N)=O)c1O. The molecule has 0 aromatic heterocycles. The fraction of sp³-hybridized carbons (Fsp3) is 0.556. The van der Waals surface area contributed by atoms with Gasteiger partial charge in [0.05, 0.1) is 12.2 Å². The summed E-state index contributed by atoms with van der Waals surface area (Å²) >= 11 is 0. The van der Waals surface area contributed by atoms with E-state index < -0.39 is 17.6 Å². The summed E-state index contributed by atoms with van der Waals surface area (Å²) in [5.74, 6) is -1.92. The number of hydrogen-bond donors (Lipinski definition) is 2. The first-order valence-corrected chi connectivity index (χ1v) is 12.4. The first-order valence-electron chi connectivity index (χ1n) is 12.4. The number of fused-ring (bicyclic) bond motifs is 1. The lowest BCUT2D eigenvalue weighted by Gasteiger charge is -2.11. The lowest BCUT2D eigenvalue weighted by Crippen LogP contribution is -2.15. The third-order valence-electron chi connectivity index (χ3n) is 5.80. The van der Waals surface area contributed by atoms with Gasteiger partial charge in [-0.2, -0.15) is 0 Å². The molecule has 0 spiro atoms. The first-order chi connectivity index (χ1) is 16.1. The van der Waals surface area contributed by atoms with Crippen LogP contribution >= 0.6 is 0 Å². The lowest BCUT2D eigenvalue weighted by molar-refractivity contribution is 0.0441. The highest BCUT2D eigenvalue weighted by Gasteiger charge is 2.21. The van der Waals surface area contributed by atoms with E-state index in [1.54, 1.807) is 24.3 Å². The Morgan fingerprint density at radius 2 is 1.45 bits per heavy atom. The predicted molar refractivity (Wildman–Crippen MR) is 132 cm³/mol. The zero-order valence-electron chi connectivity index (χ0n) is 19.9. The van der Waals surface area contributed by atoms with Gasteiger partial charge in [-0.1, -0.05) is 89.0 Å². The minimum Gasteiger partial charge on any atom is -0.506 e. The molecule has 0 unspecified atom stereocenters. The van der Waals surface area contributed by atoms with Crippen molar-refractivity contribution in [1.82, 2.24) is 0 Å². The van der Waals surface area contributed by atoms with Crippen LogP contribution in [0.1, 0.15) is 98.3 Å². The smallest absolute Gasteiger partial charge is 0.341 e. The fourth-order valence-electron chi connectivity index (χ4n) is 3.94. The molecular formula is C27H39NO5. The highest BCUT2D eigenvalue weighted by atomic mass is 16.5. The van der Waals surface area contributed by atoms with Gasteiger partial charge in [0.15, 0.2) is 0 Å². The van der Waals surface area contributed by atoms with E-state index in [2.05, 4.69) is 6.92 Å². The zero-order chi connectivity index (χ0) is 23.9. The maximum atomic E-state index is 12.4. The van der Waals surface area contributed by atoms with Crippen LogP contribution in [0, 0.1) is 0 Å². The van der Waals surface area contributed by atoms with Crippen molar-refractivity contribution in [1.29, 1.82) is 0 Å². The summed E-state index contributed by atoms with van der Waals surface area (Å²) in [6.07, 6.45) is 13.5. The summed E-state index contributed by atoms with van der Waals surface area (Å²) in [5.41, 5.74) is 5.29. The van der Waals surface area contributed by atoms with Crippen LogP contribution in [0.5, 0.6) is 5.75 Å². The molecule has 6 heteroatoms. The van der Waals surface area contributed by atoms with E-state index in [1.807, 2.05) is 0 Å². The minimum atomic E-state index is -0.793. The molecule has 0 aliphatic rings. The number of rotatable bonds is 17. The molecule has 0 saturated carbocycles. The van der Waals surface area contributed by atoms with Crippen molar-refractivity contribution in [2.45, 2.75) is 77.6 Å². The summed E-state index contributed by atoms with van der Waals surface area (Å²) in [6.45, 7) is 3.66. The maximum absolute atomic E-state index is 12.4. The molecule has 0 heterocycles. The van der Waals surface area contributed by atoms with Crippen molar-refractivity contribution in [2.75, 3.05) is 19.8 Å². The van der Waals surface area contributed by atoms with Crippen LogP contribution in [0.4, 0.5) is 0 Å². The Hall–Kier alpha value is -2.60. The van der Waals surface area contributed by atoms with Gasteiger partial charge in [0.2, 0.25) is 0 Å². The molecule has 0 atom stereocenters. The van der Waals surface area contributed by atoms with Crippen LogP contribution in [0.15, 0.2) is 30.3 Å². The van der Waals surface area contributed by atoms with Gasteiger partial charge in [-0.25, -0.2) is 4.79 Å². The summed E-state index contributed by atoms with van der Waals surface area (Å²) in [7, 11) is 0. The number of ether oxygens (including phenoxy) is 2. The zero-order valence-corrected chi connectivity index (χ0v) is 19.9. The number of nitrogens with two attached hydrogens (primary N) is 1. The Balaban J connectivity index is 1.60. The number of esters is 1. The van der Waals surface area contributed by atoms with Gasteiger partial charge in [-0.15, -0.1) is 0 Å². The molecule has 182 valence electrons. The van der Waals surface area contributed by atoms with E-state index in [4.69, 9.17) is 15.2 Å². The van der Waals surface area contributed by atoms with E-state index in [-0.39, 0.29) is 17.7 Å². The van der Waals surface area contributed by atoms with Gasteiger partial charge in [-0.3, -0.25) is 4.79 Å². The Bertz CT molecular complexity index is 880. The van der Waals surface area contributed by atoms with Gasteiger partial charge >= 0.3 is 5.97 Å². The van der Waals surface area contributed by atoms with Crippen LogP contribution in [0.25, 0.3) is 10.8 Å². The van der Waals surface area contributed by atoms with Crippen molar-refractivity contribution in [3.05, 3.63) is 41.5 Å². The van der Waals surface area contributed by atoms with Crippen molar-refractivity contribution in [3.63, 3.8) is 0 Å². The molecule has 2 aromatic carbocycles. The molecule has 3 N–H and O–H groups in total. The second kappa shape index (κ2) is 15.3. The van der Waals surface area contributed by atoms with Crippen LogP contribution in [-0.4, -0.2) is 36.8 Å². The normalized spacial score (nSPS) is 11.1. The largest absolute Gasteiger partial charge is 0.506 e. The molecule has 33 heavy (non-hydrogen) atoms. The van der Waals surface area contributed by atoms with E-state index in [1.165, 1.54) is 63.9 Å². The van der Waals surface area contributed by atoms with Gasteiger partial charge in [0.1, 0.15) is 11.3 Å². The second-order valence-corrected chi connectivity index (χ2v) is 8.52. The van der Waals surface area contributed by atoms with Gasteiger partial charge < -0.3 is 20.3 Å². The maximum Gasteiger partial charge on any atom is 0.341 e. The van der Waals surface area contributed by atoms with Crippen LogP contribution in [0.2, 0.25) is 0 Å². The monoisotopic (exact) mass is 457 g/mol. The van der Waals surface area contributed by atoms with Crippen LogP contribution in [-0.2, 0) is 9.47 Å². The Kier molecular flexibility index (Phi) is 12.3. The third kappa shape index (κ3) is 9.04. The Morgan fingerprint density at radius 1 is 0.848 bits per heavy atom. The number of hydrogen-bond acceptors (Lipinski definition) is 5. The Labute approximate surface area is 197 Å². The number of benzene rings is 2. The average molecular weight is 458 g/mol. The van der Waals surface area contributed by atoms with Crippen molar-refractivity contribution in [3.8, 4) is 5.75 Å². The van der Waals surface area contributed by atoms with E-state index in [0.29, 0.717) is 23.8 Å². The Morgan fingerprint density at radius 3 is 2.12 bits per heavy atom. The number of aromatic hydroxyl groups is 1. The molecule has 0 bridgehead atoms. The van der Waals surface area contributed by atoms with E-state index >= 15 is 0 Å². The topological polar surface area (TPSA) is 98.9 Å². The number of amides is 1. The molecule has 0 saturated heterocycles. The third-order valence-corrected chi connectivity index (χ3v) is 5.80. The lowest BCUT2D eigenvalue weighted by atomic mass is 9.99. The summed E-state index contributed by atoms with van der Waals surface area (Å²) in [5, 5.41) is 11.6. The predicted octanol–water partition coefficient (Wildman–Crippen LogP) is 6.13. The summed E-state index contributed by atoms with van der Waals surface area (Å²) in [6, 6.07) is 8.46. The molecule has 2 aromatic rings. The minimum absolute atomic E-state index is 0.0613. The number of carbonyl (C=O) groups is 2. The van der Waals surface area contributed by atoms with Crippen LogP contribution < -0.4 is 5.73 Å². The molecule has 1 amide bonds.